The van der Waals surface area contributed by atoms with Gasteiger partial charge in [0.25, 0.3) is 0 Å². The molecule has 0 bridgehead atoms. The Kier molecular flexibility index (Phi) is 2.60. The number of hydrogen-bond donors (Lipinski definition) is 1. The average Bonchev–Trinajstić information content (AvgIpc) is 2.86. The molecule has 2 aliphatic heterocycles. The quantitative estimate of drug-likeness (QED) is 0.794. The Morgan fingerprint density at radius 1 is 1.41 bits per heavy atom. The molecule has 17 heavy (non-hydrogen) atoms. The lowest BCUT2D eigenvalue weighted by Crippen LogP contribution is -2.37. The van der Waals surface area contributed by atoms with E-state index < -0.39 is 0 Å². The van der Waals surface area contributed by atoms with Gasteiger partial charge in [-0.15, -0.1) is 0 Å². The van der Waals surface area contributed by atoms with Gasteiger partial charge in [0.1, 0.15) is 0 Å². The molecule has 0 aromatic heterocycles. The number of hydrogen-bond acceptors (Lipinski definition) is 3. The van der Waals surface area contributed by atoms with Crippen LogP contribution in [-0.4, -0.2) is 23.7 Å². The van der Waals surface area contributed by atoms with Crippen molar-refractivity contribution < 1.29 is 4.74 Å². The molecule has 2 heterocycles. The highest BCUT2D eigenvalue weighted by atomic mass is 16.5. The number of nitrogens with zero attached hydrogens (tertiary/aromatic N) is 1. The van der Waals surface area contributed by atoms with Crippen molar-refractivity contribution >= 4 is 5.69 Å². The predicted molar refractivity (Wildman–Crippen MR) is 68.6 cm³/mol. The van der Waals surface area contributed by atoms with Crippen LogP contribution >= 0.6 is 0 Å². The normalized spacial score (nSPS) is 28.5. The second kappa shape index (κ2) is 4.00. The van der Waals surface area contributed by atoms with E-state index in [0.29, 0.717) is 0 Å². The lowest BCUT2D eigenvalue weighted by atomic mass is 10.0. The summed E-state index contributed by atoms with van der Waals surface area (Å²) < 4.78 is 5.86. The summed E-state index contributed by atoms with van der Waals surface area (Å²) in [6.07, 6.45) is 2.37. The first-order valence-electron chi connectivity index (χ1n) is 6.39. The Bertz CT molecular complexity index is 424. The monoisotopic (exact) mass is 232 g/mol. The smallest absolute Gasteiger partial charge is 0.0781 e. The molecule has 0 spiro atoms. The fourth-order valence-electron chi connectivity index (χ4n) is 3.06. The van der Waals surface area contributed by atoms with Gasteiger partial charge in [0, 0.05) is 31.9 Å². The Balaban J connectivity index is 1.72. The van der Waals surface area contributed by atoms with Gasteiger partial charge in [0.2, 0.25) is 0 Å². The number of fused-ring (bicyclic) bond motifs is 1. The molecule has 1 fully saturated rings. The number of benzene rings is 1. The van der Waals surface area contributed by atoms with Crippen molar-refractivity contribution in [1.29, 1.82) is 0 Å². The third-order valence-electron chi connectivity index (χ3n) is 3.94. The van der Waals surface area contributed by atoms with Gasteiger partial charge in [0.05, 0.1) is 5.60 Å². The van der Waals surface area contributed by atoms with E-state index in [4.69, 9.17) is 10.5 Å². The highest BCUT2D eigenvalue weighted by molar-refractivity contribution is 5.52. The summed E-state index contributed by atoms with van der Waals surface area (Å²) in [5.41, 5.74) is 9.70. The van der Waals surface area contributed by atoms with Crippen LogP contribution in [0, 0.1) is 0 Å². The van der Waals surface area contributed by atoms with Crippen LogP contribution in [0.2, 0.25) is 0 Å². The van der Waals surface area contributed by atoms with E-state index in [-0.39, 0.29) is 5.60 Å². The van der Waals surface area contributed by atoms with Gasteiger partial charge >= 0.3 is 0 Å². The minimum atomic E-state index is 0.0524. The highest BCUT2D eigenvalue weighted by Crippen LogP contribution is 2.32. The first kappa shape index (κ1) is 11.1. The Labute approximate surface area is 103 Å². The van der Waals surface area contributed by atoms with Crippen LogP contribution in [0.4, 0.5) is 5.69 Å². The maximum atomic E-state index is 6.02. The minimum Gasteiger partial charge on any atom is -0.398 e. The van der Waals surface area contributed by atoms with Crippen LogP contribution in [0.5, 0.6) is 0 Å². The molecule has 3 heteroatoms. The molecule has 1 aromatic rings. The van der Waals surface area contributed by atoms with Gasteiger partial charge in [-0.25, -0.2) is 0 Å². The molecule has 3 nitrogen and oxygen atoms in total. The molecule has 92 valence electrons. The molecule has 1 atom stereocenters. The number of nitrogens with two attached hydrogens (primary N) is 1. The molecule has 1 saturated heterocycles. The van der Waals surface area contributed by atoms with E-state index >= 15 is 0 Å². The van der Waals surface area contributed by atoms with Gasteiger partial charge in [0.15, 0.2) is 0 Å². The zero-order valence-electron chi connectivity index (χ0n) is 10.4. The maximum Gasteiger partial charge on any atom is 0.0781 e. The lowest BCUT2D eigenvalue weighted by molar-refractivity contribution is -0.00991. The summed E-state index contributed by atoms with van der Waals surface area (Å²) in [5.74, 6) is 0. The van der Waals surface area contributed by atoms with E-state index in [1.54, 1.807) is 0 Å². The van der Waals surface area contributed by atoms with E-state index in [0.717, 1.165) is 31.9 Å². The van der Waals surface area contributed by atoms with Crippen molar-refractivity contribution in [2.24, 2.45) is 0 Å². The number of rotatable bonds is 2. The third-order valence-corrected chi connectivity index (χ3v) is 3.94. The van der Waals surface area contributed by atoms with Crippen LogP contribution in [0.3, 0.4) is 0 Å². The zero-order valence-corrected chi connectivity index (χ0v) is 10.4. The van der Waals surface area contributed by atoms with Crippen molar-refractivity contribution in [3.05, 3.63) is 29.3 Å². The Hall–Kier alpha value is -1.06. The Morgan fingerprint density at radius 3 is 3.00 bits per heavy atom. The SMILES string of the molecule is CC1(CN2Cc3cccc(N)c3C2)CCCO1. The maximum absolute atomic E-state index is 6.02. The second-order valence-electron chi connectivity index (χ2n) is 5.53. The molecular weight excluding hydrogens is 212 g/mol. The number of ether oxygens (including phenoxy) is 1. The van der Waals surface area contributed by atoms with Gasteiger partial charge in [-0.1, -0.05) is 12.1 Å². The van der Waals surface area contributed by atoms with Gasteiger partial charge < -0.3 is 10.5 Å². The standard InChI is InChI=1S/C14H20N2O/c1-14(6-3-7-17-14)10-16-8-11-4-2-5-13(15)12(11)9-16/h2,4-5H,3,6-10,15H2,1H3. The molecule has 3 rings (SSSR count). The fourth-order valence-corrected chi connectivity index (χ4v) is 3.06. The number of anilines is 1. The number of nitrogen functional groups attached to an aromatic ring is 1. The highest BCUT2D eigenvalue weighted by Gasteiger charge is 2.33. The minimum absolute atomic E-state index is 0.0524. The summed E-state index contributed by atoms with van der Waals surface area (Å²) in [6, 6.07) is 6.23. The summed E-state index contributed by atoms with van der Waals surface area (Å²) in [7, 11) is 0. The van der Waals surface area contributed by atoms with Crippen LogP contribution in [0.25, 0.3) is 0 Å². The van der Waals surface area contributed by atoms with Crippen LogP contribution in [0.1, 0.15) is 30.9 Å². The van der Waals surface area contributed by atoms with Crippen molar-refractivity contribution in [3.8, 4) is 0 Å². The van der Waals surface area contributed by atoms with Crippen molar-refractivity contribution in [2.45, 2.75) is 38.5 Å². The topological polar surface area (TPSA) is 38.5 Å². The van der Waals surface area contributed by atoms with Crippen LogP contribution < -0.4 is 5.73 Å². The van der Waals surface area contributed by atoms with Gasteiger partial charge in [-0.05, 0) is 37.0 Å². The third kappa shape index (κ3) is 2.05. The zero-order chi connectivity index (χ0) is 11.9. The molecule has 0 radical (unpaired) electrons. The summed E-state index contributed by atoms with van der Waals surface area (Å²) in [4.78, 5) is 2.45. The summed E-state index contributed by atoms with van der Waals surface area (Å²) in [6.45, 7) is 6.15. The largest absolute Gasteiger partial charge is 0.398 e. The fraction of sp³-hybridized carbons (Fsp3) is 0.571. The predicted octanol–water partition coefficient (Wildman–Crippen LogP) is 2.15. The molecule has 2 aliphatic rings. The second-order valence-corrected chi connectivity index (χ2v) is 5.53. The summed E-state index contributed by atoms with van der Waals surface area (Å²) >= 11 is 0. The van der Waals surface area contributed by atoms with Crippen LogP contribution in [-0.2, 0) is 17.8 Å². The lowest BCUT2D eigenvalue weighted by Gasteiger charge is -2.28. The molecular formula is C14H20N2O. The molecule has 0 saturated carbocycles. The molecule has 1 aromatic carbocycles. The molecule has 0 aliphatic carbocycles. The van der Waals surface area contributed by atoms with Gasteiger partial charge in [-0.2, -0.15) is 0 Å². The molecule has 0 amide bonds. The van der Waals surface area contributed by atoms with Gasteiger partial charge in [-0.3, -0.25) is 4.90 Å². The van der Waals surface area contributed by atoms with E-state index in [2.05, 4.69) is 17.9 Å². The van der Waals surface area contributed by atoms with Crippen molar-refractivity contribution in [1.82, 2.24) is 4.90 Å². The van der Waals surface area contributed by atoms with Crippen molar-refractivity contribution in [2.75, 3.05) is 18.9 Å². The van der Waals surface area contributed by atoms with E-state index in [1.807, 2.05) is 12.1 Å². The molecule has 2 N–H and O–H groups in total. The average molecular weight is 232 g/mol. The molecule has 1 unspecified atom stereocenters. The van der Waals surface area contributed by atoms with Crippen LogP contribution in [0.15, 0.2) is 18.2 Å². The Morgan fingerprint density at radius 2 is 2.29 bits per heavy atom. The van der Waals surface area contributed by atoms with Crippen molar-refractivity contribution in [3.63, 3.8) is 0 Å². The van der Waals surface area contributed by atoms with E-state index in [9.17, 15) is 0 Å². The first-order chi connectivity index (χ1) is 8.16. The van der Waals surface area contributed by atoms with E-state index in [1.165, 1.54) is 24.0 Å². The summed E-state index contributed by atoms with van der Waals surface area (Å²) in [5, 5.41) is 0. The first-order valence-corrected chi connectivity index (χ1v) is 6.39.